The predicted octanol–water partition coefficient (Wildman–Crippen LogP) is 2.96. The molecule has 6 heteroatoms. The van der Waals surface area contributed by atoms with Gasteiger partial charge in [0, 0.05) is 5.69 Å². The first-order valence-corrected chi connectivity index (χ1v) is 7.91. The lowest BCUT2D eigenvalue weighted by Crippen LogP contribution is -2.34. The van der Waals surface area contributed by atoms with Crippen molar-refractivity contribution in [1.29, 1.82) is 0 Å². The van der Waals surface area contributed by atoms with E-state index in [9.17, 15) is 4.79 Å². The summed E-state index contributed by atoms with van der Waals surface area (Å²) in [7, 11) is 3.15. The summed E-state index contributed by atoms with van der Waals surface area (Å²) in [5.41, 5.74) is 5.34. The van der Waals surface area contributed by atoms with Crippen LogP contribution in [0.2, 0.25) is 0 Å². The molecule has 132 valence electrons. The van der Waals surface area contributed by atoms with Gasteiger partial charge in [-0.1, -0.05) is 12.1 Å². The zero-order valence-corrected chi connectivity index (χ0v) is 14.9. The van der Waals surface area contributed by atoms with E-state index in [1.165, 1.54) is 0 Å². The summed E-state index contributed by atoms with van der Waals surface area (Å²) in [4.78, 5) is 12.1. The Hall–Kier alpha value is -3.02. The van der Waals surface area contributed by atoms with E-state index in [0.717, 1.165) is 16.8 Å². The molecule has 0 bridgehead atoms. The van der Waals surface area contributed by atoms with Crippen molar-refractivity contribution in [3.8, 4) is 11.5 Å². The van der Waals surface area contributed by atoms with Gasteiger partial charge in [0.25, 0.3) is 5.91 Å². The van der Waals surface area contributed by atoms with Crippen LogP contribution in [0.1, 0.15) is 18.1 Å². The molecule has 0 aliphatic rings. The number of ether oxygens (including phenoxy) is 2. The predicted molar refractivity (Wildman–Crippen MR) is 99.5 cm³/mol. The first-order chi connectivity index (χ1) is 12.0. The number of methoxy groups -OCH3 is 2. The Bertz CT molecular complexity index is 759. The summed E-state index contributed by atoms with van der Waals surface area (Å²) in [6, 6.07) is 12.8. The van der Waals surface area contributed by atoms with Crippen LogP contribution in [-0.4, -0.2) is 32.4 Å². The smallest absolute Gasteiger partial charge is 0.262 e. The van der Waals surface area contributed by atoms with E-state index >= 15 is 0 Å². The third-order valence-corrected chi connectivity index (χ3v) is 3.59. The number of hydrogen-bond acceptors (Lipinski definition) is 5. The number of benzene rings is 2. The Kier molecular flexibility index (Phi) is 6.39. The molecule has 0 aliphatic carbocycles. The molecule has 6 nitrogen and oxygen atoms in total. The first-order valence-electron chi connectivity index (χ1n) is 7.91. The highest BCUT2D eigenvalue weighted by Crippen LogP contribution is 2.26. The van der Waals surface area contributed by atoms with Gasteiger partial charge in [-0.3, -0.25) is 4.79 Å². The minimum Gasteiger partial charge on any atom is -0.493 e. The molecule has 1 atom stereocenters. The fourth-order valence-corrected chi connectivity index (χ4v) is 2.25. The molecule has 0 aromatic heterocycles. The molecule has 0 radical (unpaired) electrons. The van der Waals surface area contributed by atoms with Crippen molar-refractivity contribution in [2.24, 2.45) is 5.10 Å². The molecular weight excluding hydrogens is 318 g/mol. The van der Waals surface area contributed by atoms with Gasteiger partial charge in [0.05, 0.1) is 20.4 Å². The van der Waals surface area contributed by atoms with Crippen LogP contribution < -0.4 is 20.2 Å². The topological polar surface area (TPSA) is 72.0 Å². The molecule has 0 spiro atoms. The number of carbonyl (C=O) groups excluding carboxylic acids is 1. The maximum absolute atomic E-state index is 12.1. The lowest BCUT2D eigenvalue weighted by molar-refractivity contribution is -0.121. The Morgan fingerprint density at radius 1 is 1.12 bits per heavy atom. The van der Waals surface area contributed by atoms with E-state index in [1.54, 1.807) is 39.5 Å². The van der Waals surface area contributed by atoms with Gasteiger partial charge in [-0.2, -0.15) is 5.10 Å². The van der Waals surface area contributed by atoms with E-state index in [2.05, 4.69) is 15.8 Å². The number of nitrogens with zero attached hydrogens (tertiary/aromatic N) is 1. The zero-order chi connectivity index (χ0) is 18.2. The van der Waals surface area contributed by atoms with E-state index in [1.807, 2.05) is 37.3 Å². The fraction of sp³-hybridized carbons (Fsp3) is 0.263. The minimum atomic E-state index is -0.413. The first kappa shape index (κ1) is 18.3. The van der Waals surface area contributed by atoms with Crippen LogP contribution in [0.4, 0.5) is 5.69 Å². The second-order valence-corrected chi connectivity index (χ2v) is 5.58. The highest BCUT2D eigenvalue weighted by atomic mass is 16.5. The SMILES string of the molecule is COc1ccc(/C=N\NC(=O)[C@@H](C)Nc2cccc(C)c2)cc1OC. The standard InChI is InChI=1S/C19H23N3O3/c1-13-6-5-7-16(10-13)21-14(2)19(23)22-20-12-15-8-9-17(24-3)18(11-15)25-4/h5-12,14,21H,1-4H3,(H,22,23)/b20-12-/t14-/m1/s1. The number of hydrogen-bond donors (Lipinski definition) is 2. The van der Waals surface area contributed by atoms with Gasteiger partial charge < -0.3 is 14.8 Å². The quantitative estimate of drug-likeness (QED) is 0.600. The van der Waals surface area contributed by atoms with Crippen molar-refractivity contribution in [3.05, 3.63) is 53.6 Å². The van der Waals surface area contributed by atoms with E-state index < -0.39 is 6.04 Å². The number of hydrazone groups is 1. The molecule has 2 rings (SSSR count). The molecule has 2 aromatic rings. The Morgan fingerprint density at radius 3 is 2.56 bits per heavy atom. The van der Waals surface area contributed by atoms with Gasteiger partial charge in [0.15, 0.2) is 11.5 Å². The second kappa shape index (κ2) is 8.73. The summed E-state index contributed by atoms with van der Waals surface area (Å²) in [6.45, 7) is 3.78. The van der Waals surface area contributed by atoms with Crippen LogP contribution in [0.5, 0.6) is 11.5 Å². The molecule has 2 N–H and O–H groups in total. The summed E-state index contributed by atoms with van der Waals surface area (Å²) in [5, 5.41) is 7.13. The van der Waals surface area contributed by atoms with Crippen molar-refractivity contribution in [1.82, 2.24) is 5.43 Å². The maximum Gasteiger partial charge on any atom is 0.262 e. The Balaban J connectivity index is 1.93. The number of aryl methyl sites for hydroxylation is 1. The van der Waals surface area contributed by atoms with Crippen LogP contribution in [0.3, 0.4) is 0 Å². The lowest BCUT2D eigenvalue weighted by Gasteiger charge is -2.13. The number of nitrogens with one attached hydrogen (secondary N) is 2. The van der Waals surface area contributed by atoms with E-state index in [-0.39, 0.29) is 5.91 Å². The summed E-state index contributed by atoms with van der Waals surface area (Å²) >= 11 is 0. The van der Waals surface area contributed by atoms with Gasteiger partial charge in [-0.05, 0) is 55.3 Å². The largest absolute Gasteiger partial charge is 0.493 e. The molecule has 0 fully saturated rings. The van der Waals surface area contributed by atoms with Crippen LogP contribution in [-0.2, 0) is 4.79 Å². The molecule has 1 amide bonds. The zero-order valence-electron chi connectivity index (χ0n) is 14.9. The van der Waals surface area contributed by atoms with Crippen LogP contribution in [0.25, 0.3) is 0 Å². The van der Waals surface area contributed by atoms with Crippen molar-refractivity contribution < 1.29 is 14.3 Å². The molecule has 0 aliphatic heterocycles. The van der Waals surface area contributed by atoms with Crippen molar-refractivity contribution in [2.75, 3.05) is 19.5 Å². The van der Waals surface area contributed by atoms with Crippen LogP contribution >= 0.6 is 0 Å². The van der Waals surface area contributed by atoms with Gasteiger partial charge >= 0.3 is 0 Å². The van der Waals surface area contributed by atoms with Crippen molar-refractivity contribution in [3.63, 3.8) is 0 Å². The third-order valence-electron chi connectivity index (χ3n) is 3.59. The maximum atomic E-state index is 12.1. The average Bonchev–Trinajstić information content (AvgIpc) is 2.61. The van der Waals surface area contributed by atoms with Gasteiger partial charge in [-0.25, -0.2) is 5.43 Å². The summed E-state index contributed by atoms with van der Waals surface area (Å²) in [6.07, 6.45) is 1.55. The van der Waals surface area contributed by atoms with Crippen molar-refractivity contribution in [2.45, 2.75) is 19.9 Å². The monoisotopic (exact) mass is 341 g/mol. The highest BCUT2D eigenvalue weighted by molar-refractivity contribution is 5.86. The number of amides is 1. The normalized spacial score (nSPS) is 11.8. The van der Waals surface area contributed by atoms with Crippen molar-refractivity contribution >= 4 is 17.8 Å². The number of anilines is 1. The Morgan fingerprint density at radius 2 is 1.88 bits per heavy atom. The van der Waals surface area contributed by atoms with Gasteiger partial charge in [-0.15, -0.1) is 0 Å². The number of carbonyl (C=O) groups is 1. The van der Waals surface area contributed by atoms with E-state index in [4.69, 9.17) is 9.47 Å². The highest BCUT2D eigenvalue weighted by Gasteiger charge is 2.11. The Labute approximate surface area is 147 Å². The molecule has 25 heavy (non-hydrogen) atoms. The fourth-order valence-electron chi connectivity index (χ4n) is 2.25. The van der Waals surface area contributed by atoms with Gasteiger partial charge in [0.1, 0.15) is 6.04 Å². The minimum absolute atomic E-state index is 0.224. The molecule has 0 unspecified atom stereocenters. The molecule has 0 heterocycles. The summed E-state index contributed by atoms with van der Waals surface area (Å²) in [5.74, 6) is 1.02. The van der Waals surface area contributed by atoms with Crippen LogP contribution in [0.15, 0.2) is 47.6 Å². The molecule has 0 saturated heterocycles. The lowest BCUT2D eigenvalue weighted by atomic mass is 10.2. The average molecular weight is 341 g/mol. The molecule has 0 saturated carbocycles. The molecular formula is C19H23N3O3. The second-order valence-electron chi connectivity index (χ2n) is 5.58. The molecule has 2 aromatic carbocycles. The summed E-state index contributed by atoms with van der Waals surface area (Å²) < 4.78 is 10.4. The number of rotatable bonds is 7. The van der Waals surface area contributed by atoms with Gasteiger partial charge in [0.2, 0.25) is 0 Å². The van der Waals surface area contributed by atoms with Crippen LogP contribution in [0, 0.1) is 6.92 Å². The van der Waals surface area contributed by atoms with E-state index in [0.29, 0.717) is 11.5 Å². The third kappa shape index (κ3) is 5.24.